The Hall–Kier alpha value is -4.14. The smallest absolute Gasteiger partial charge is 0.264 e. The maximum atomic E-state index is 14.8. The molecular weight excluding hydrogens is 642 g/mol. The van der Waals surface area contributed by atoms with E-state index in [1.54, 1.807) is 42.5 Å². The zero-order chi connectivity index (χ0) is 34.3. The quantitative estimate of drug-likeness (QED) is 0.167. The van der Waals surface area contributed by atoms with Crippen LogP contribution in [0.15, 0.2) is 102 Å². The molecule has 1 N–H and O–H groups in total. The second kappa shape index (κ2) is 15.8. The van der Waals surface area contributed by atoms with E-state index >= 15 is 0 Å². The lowest BCUT2D eigenvalue weighted by Gasteiger charge is -2.35. The number of carbonyl (C=O) groups excluding carboxylic acids is 2. The van der Waals surface area contributed by atoms with Gasteiger partial charge in [0.1, 0.15) is 12.6 Å². The van der Waals surface area contributed by atoms with Gasteiger partial charge in [0.05, 0.1) is 10.6 Å². The van der Waals surface area contributed by atoms with E-state index in [2.05, 4.69) is 5.32 Å². The Kier molecular flexibility index (Phi) is 11.6. The van der Waals surface area contributed by atoms with Crippen molar-refractivity contribution in [1.82, 2.24) is 10.2 Å². The van der Waals surface area contributed by atoms with Crippen LogP contribution in [0.1, 0.15) is 59.9 Å². The van der Waals surface area contributed by atoms with Gasteiger partial charge in [-0.3, -0.25) is 13.9 Å². The molecule has 0 radical (unpaired) electrons. The highest BCUT2D eigenvalue weighted by Crippen LogP contribution is 2.29. The van der Waals surface area contributed by atoms with Crippen molar-refractivity contribution < 1.29 is 18.0 Å². The van der Waals surface area contributed by atoms with E-state index < -0.39 is 28.5 Å². The van der Waals surface area contributed by atoms with Gasteiger partial charge in [-0.2, -0.15) is 0 Å². The molecule has 7 nitrogen and oxygen atoms in total. The minimum absolute atomic E-state index is 0.0327. The lowest BCUT2D eigenvalue weighted by atomic mass is 9.94. The second-order valence-electron chi connectivity index (χ2n) is 12.8. The van der Waals surface area contributed by atoms with Crippen LogP contribution in [0.5, 0.6) is 0 Å². The minimum Gasteiger partial charge on any atom is -0.352 e. The fraction of sp³-hybridized carbons (Fsp3) is 0.333. The molecule has 1 atom stereocenters. The minimum atomic E-state index is -4.18. The Labute approximate surface area is 290 Å². The molecule has 0 heterocycles. The van der Waals surface area contributed by atoms with Crippen molar-refractivity contribution in [2.24, 2.45) is 0 Å². The van der Waals surface area contributed by atoms with Crippen molar-refractivity contribution >= 4 is 39.1 Å². The molecule has 9 heteroatoms. The average molecular weight is 686 g/mol. The van der Waals surface area contributed by atoms with Gasteiger partial charge in [-0.25, -0.2) is 8.42 Å². The fourth-order valence-electron chi connectivity index (χ4n) is 6.22. The normalized spacial score (nSPS) is 14.2. The monoisotopic (exact) mass is 685 g/mol. The lowest BCUT2D eigenvalue weighted by molar-refractivity contribution is -0.140. The number of nitrogens with one attached hydrogen (secondary N) is 1. The van der Waals surface area contributed by atoms with Crippen LogP contribution in [0, 0.1) is 20.8 Å². The van der Waals surface area contributed by atoms with Gasteiger partial charge in [0.15, 0.2) is 0 Å². The number of halogens is 1. The highest BCUT2D eigenvalue weighted by Gasteiger charge is 2.36. The first kappa shape index (κ1) is 35.2. The number of carbonyl (C=O) groups is 2. The molecule has 0 aliphatic heterocycles. The summed E-state index contributed by atoms with van der Waals surface area (Å²) in [4.78, 5) is 30.6. The number of hydrogen-bond acceptors (Lipinski definition) is 4. The van der Waals surface area contributed by atoms with Crippen molar-refractivity contribution in [3.05, 3.63) is 130 Å². The predicted molar refractivity (Wildman–Crippen MR) is 193 cm³/mol. The van der Waals surface area contributed by atoms with Crippen molar-refractivity contribution in [2.75, 3.05) is 10.8 Å². The van der Waals surface area contributed by atoms with Gasteiger partial charge in [0, 0.05) is 24.0 Å². The van der Waals surface area contributed by atoms with Crippen LogP contribution in [-0.2, 0) is 32.6 Å². The molecule has 1 fully saturated rings. The SMILES string of the molecule is Cc1ccc(S(=O)(=O)N(CC(=O)N(Cc2ccc(Cl)cc2)[C@H](Cc2ccccc2)C(=O)NC2CCCCC2)c2cc(C)ccc2C)cc1. The van der Waals surface area contributed by atoms with E-state index in [1.807, 2.05) is 75.4 Å². The standard InChI is InChI=1S/C39H44ClN3O4S/c1-28-15-22-35(23-16-28)48(46,47)43(36-24-29(2)14-17-30(36)3)27-38(44)42(26-32-18-20-33(40)21-19-32)37(25-31-10-6-4-7-11-31)39(45)41-34-12-8-5-9-13-34/h4,6-7,10-11,14-24,34,37H,5,8-9,12-13,25-27H2,1-3H3,(H,41,45)/t37-/m1/s1. The zero-order valence-electron chi connectivity index (χ0n) is 27.9. The molecule has 1 saturated carbocycles. The van der Waals surface area contributed by atoms with Crippen LogP contribution in [0.4, 0.5) is 5.69 Å². The Morgan fingerprint density at radius 3 is 2.12 bits per heavy atom. The van der Waals surface area contributed by atoms with Crippen LogP contribution in [0.3, 0.4) is 0 Å². The maximum Gasteiger partial charge on any atom is 0.264 e. The molecule has 0 aromatic heterocycles. The first-order chi connectivity index (χ1) is 23.0. The number of aryl methyl sites for hydroxylation is 3. The maximum absolute atomic E-state index is 14.8. The third-order valence-electron chi connectivity index (χ3n) is 9.01. The van der Waals surface area contributed by atoms with Crippen LogP contribution < -0.4 is 9.62 Å². The number of benzene rings is 4. The van der Waals surface area contributed by atoms with Crippen molar-refractivity contribution in [3.63, 3.8) is 0 Å². The summed E-state index contributed by atoms with van der Waals surface area (Å²) in [6.07, 6.45) is 5.29. The number of amides is 2. The van der Waals surface area contributed by atoms with Gasteiger partial charge in [-0.1, -0.05) is 103 Å². The summed E-state index contributed by atoms with van der Waals surface area (Å²) in [5.41, 5.74) is 4.58. The highest BCUT2D eigenvalue weighted by atomic mass is 35.5. The number of sulfonamides is 1. The molecule has 252 valence electrons. The average Bonchev–Trinajstić information content (AvgIpc) is 3.08. The van der Waals surface area contributed by atoms with E-state index in [9.17, 15) is 18.0 Å². The molecule has 0 unspecified atom stereocenters. The zero-order valence-corrected chi connectivity index (χ0v) is 29.4. The van der Waals surface area contributed by atoms with Crippen molar-refractivity contribution in [2.45, 2.75) is 82.8 Å². The molecule has 1 aliphatic rings. The molecule has 4 aromatic carbocycles. The first-order valence-corrected chi connectivity index (χ1v) is 18.4. The summed E-state index contributed by atoms with van der Waals surface area (Å²) in [5, 5.41) is 3.80. The summed E-state index contributed by atoms with van der Waals surface area (Å²) in [6, 6.07) is 28.1. The second-order valence-corrected chi connectivity index (χ2v) is 15.1. The fourth-order valence-corrected chi connectivity index (χ4v) is 7.82. The van der Waals surface area contributed by atoms with E-state index in [0.29, 0.717) is 16.3 Å². The summed E-state index contributed by atoms with van der Waals surface area (Å²) in [7, 11) is -4.18. The van der Waals surface area contributed by atoms with E-state index in [0.717, 1.165) is 54.4 Å². The Balaban J connectivity index is 1.58. The van der Waals surface area contributed by atoms with Gasteiger partial charge in [-0.15, -0.1) is 0 Å². The van der Waals surface area contributed by atoms with Crippen molar-refractivity contribution in [1.29, 1.82) is 0 Å². The first-order valence-electron chi connectivity index (χ1n) is 16.6. The molecule has 0 bridgehead atoms. The Morgan fingerprint density at radius 1 is 0.812 bits per heavy atom. The van der Waals surface area contributed by atoms with E-state index in [-0.39, 0.29) is 29.8 Å². The van der Waals surface area contributed by atoms with Crippen LogP contribution in [0.25, 0.3) is 0 Å². The topological polar surface area (TPSA) is 86.8 Å². The molecule has 0 spiro atoms. The highest BCUT2D eigenvalue weighted by molar-refractivity contribution is 7.92. The van der Waals surface area contributed by atoms with Crippen LogP contribution >= 0.6 is 11.6 Å². The van der Waals surface area contributed by atoms with Gasteiger partial charge >= 0.3 is 0 Å². The molecule has 48 heavy (non-hydrogen) atoms. The number of rotatable bonds is 12. The van der Waals surface area contributed by atoms with E-state index in [1.165, 1.54) is 9.21 Å². The van der Waals surface area contributed by atoms with Gasteiger partial charge in [-0.05, 0) is 86.2 Å². The molecule has 5 rings (SSSR count). The molecular formula is C39H44ClN3O4S. The van der Waals surface area contributed by atoms with Gasteiger partial charge in [0.2, 0.25) is 11.8 Å². The number of hydrogen-bond donors (Lipinski definition) is 1. The van der Waals surface area contributed by atoms with Gasteiger partial charge < -0.3 is 10.2 Å². The number of nitrogens with zero attached hydrogens (tertiary/aromatic N) is 2. The predicted octanol–water partition coefficient (Wildman–Crippen LogP) is 7.55. The lowest BCUT2D eigenvalue weighted by Crippen LogP contribution is -2.55. The molecule has 0 saturated heterocycles. The summed E-state index contributed by atoms with van der Waals surface area (Å²) in [6.45, 7) is 5.22. The molecule has 1 aliphatic carbocycles. The number of anilines is 1. The molecule has 2 amide bonds. The largest absolute Gasteiger partial charge is 0.352 e. The summed E-state index contributed by atoms with van der Waals surface area (Å²) >= 11 is 6.20. The van der Waals surface area contributed by atoms with Crippen molar-refractivity contribution in [3.8, 4) is 0 Å². The third-order valence-corrected chi connectivity index (χ3v) is 11.0. The van der Waals surface area contributed by atoms with E-state index in [4.69, 9.17) is 11.6 Å². The Morgan fingerprint density at radius 2 is 1.46 bits per heavy atom. The van der Waals surface area contributed by atoms with Crippen LogP contribution in [-0.4, -0.2) is 43.8 Å². The summed E-state index contributed by atoms with van der Waals surface area (Å²) < 4.78 is 30.0. The van der Waals surface area contributed by atoms with Crippen LogP contribution in [0.2, 0.25) is 5.02 Å². The Bertz CT molecular complexity index is 1810. The summed E-state index contributed by atoms with van der Waals surface area (Å²) in [5.74, 6) is -0.728. The van der Waals surface area contributed by atoms with Gasteiger partial charge in [0.25, 0.3) is 10.0 Å². The molecule has 4 aromatic rings. The third kappa shape index (κ3) is 8.85.